The van der Waals surface area contributed by atoms with E-state index in [0.29, 0.717) is 5.95 Å². The van der Waals surface area contributed by atoms with Gasteiger partial charge in [-0.25, -0.2) is 9.97 Å². The van der Waals surface area contributed by atoms with Crippen molar-refractivity contribution in [2.45, 2.75) is 19.3 Å². The topological polar surface area (TPSA) is 50.3 Å². The zero-order chi connectivity index (χ0) is 17.6. The van der Waals surface area contributed by atoms with Gasteiger partial charge in [0.2, 0.25) is 5.95 Å². The van der Waals surface area contributed by atoms with Crippen molar-refractivity contribution in [1.29, 1.82) is 0 Å². The molecule has 0 aliphatic carbocycles. The van der Waals surface area contributed by atoms with Crippen molar-refractivity contribution >= 4 is 22.5 Å². The summed E-state index contributed by atoms with van der Waals surface area (Å²) in [5.41, 5.74) is 1.86. The first kappa shape index (κ1) is 16.8. The Morgan fingerprint density at radius 2 is 1.88 bits per heavy atom. The van der Waals surface area contributed by atoms with Crippen molar-refractivity contribution in [3.8, 4) is 5.75 Å². The summed E-state index contributed by atoms with van der Waals surface area (Å²) in [6.07, 6.45) is 5.82. The van der Waals surface area contributed by atoms with E-state index in [2.05, 4.69) is 20.2 Å². The first-order valence-corrected chi connectivity index (χ1v) is 9.31. The van der Waals surface area contributed by atoms with Crippen LogP contribution in [-0.4, -0.2) is 41.1 Å². The standard InChI is InChI=1S/C21H24N4O/c1-4-11-25(12-5-1)13-14-26-19-9-6-8-18(15-19)23-21-22-16-17-7-2-3-10-20(17)24-21/h2-3,6-10,15-16H,1,4-5,11-14H2,(H,22,23,24). The third-order valence-corrected chi connectivity index (χ3v) is 4.70. The number of aromatic nitrogens is 2. The smallest absolute Gasteiger partial charge is 0.227 e. The van der Waals surface area contributed by atoms with E-state index >= 15 is 0 Å². The minimum atomic E-state index is 0.592. The van der Waals surface area contributed by atoms with E-state index < -0.39 is 0 Å². The lowest BCUT2D eigenvalue weighted by Crippen LogP contribution is -2.33. The van der Waals surface area contributed by atoms with Crippen molar-refractivity contribution in [3.63, 3.8) is 0 Å². The average Bonchev–Trinajstić information content (AvgIpc) is 2.69. The summed E-state index contributed by atoms with van der Waals surface area (Å²) in [6, 6.07) is 15.9. The van der Waals surface area contributed by atoms with E-state index in [1.165, 1.54) is 32.4 Å². The SMILES string of the molecule is c1cc(Nc2ncc3ccccc3n2)cc(OCCN2CCCCC2)c1. The van der Waals surface area contributed by atoms with E-state index in [-0.39, 0.29) is 0 Å². The van der Waals surface area contributed by atoms with E-state index in [0.717, 1.165) is 35.5 Å². The van der Waals surface area contributed by atoms with Crippen LogP contribution in [0.3, 0.4) is 0 Å². The number of hydrogen-bond donors (Lipinski definition) is 1. The van der Waals surface area contributed by atoms with E-state index in [1.807, 2.05) is 54.7 Å². The Hall–Kier alpha value is -2.66. The number of anilines is 2. The van der Waals surface area contributed by atoms with Gasteiger partial charge in [0.25, 0.3) is 0 Å². The summed E-state index contributed by atoms with van der Waals surface area (Å²) in [4.78, 5) is 11.4. The quantitative estimate of drug-likeness (QED) is 0.722. The van der Waals surface area contributed by atoms with E-state index in [9.17, 15) is 0 Å². The zero-order valence-corrected chi connectivity index (χ0v) is 14.9. The van der Waals surface area contributed by atoms with Gasteiger partial charge in [-0.2, -0.15) is 0 Å². The number of fused-ring (bicyclic) bond motifs is 1. The zero-order valence-electron chi connectivity index (χ0n) is 14.9. The highest BCUT2D eigenvalue weighted by Crippen LogP contribution is 2.21. The van der Waals surface area contributed by atoms with E-state index in [1.54, 1.807) is 0 Å². The number of piperidine rings is 1. The largest absolute Gasteiger partial charge is 0.492 e. The molecule has 1 aliphatic heterocycles. The normalized spacial score (nSPS) is 15.1. The molecule has 3 aromatic rings. The molecule has 0 spiro atoms. The molecule has 0 unspecified atom stereocenters. The van der Waals surface area contributed by atoms with Gasteiger partial charge < -0.3 is 10.1 Å². The Morgan fingerprint density at radius 3 is 2.81 bits per heavy atom. The van der Waals surface area contributed by atoms with E-state index in [4.69, 9.17) is 4.74 Å². The van der Waals surface area contributed by atoms with Crippen molar-refractivity contribution < 1.29 is 4.74 Å². The lowest BCUT2D eigenvalue weighted by atomic mass is 10.1. The molecule has 5 heteroatoms. The van der Waals surface area contributed by atoms with Gasteiger partial charge in [-0.3, -0.25) is 4.90 Å². The number of para-hydroxylation sites is 1. The van der Waals surface area contributed by atoms with Crippen molar-refractivity contribution in [2.24, 2.45) is 0 Å². The number of likely N-dealkylation sites (tertiary alicyclic amines) is 1. The molecule has 4 rings (SSSR count). The van der Waals surface area contributed by atoms with Crippen molar-refractivity contribution in [1.82, 2.24) is 14.9 Å². The number of nitrogens with one attached hydrogen (secondary N) is 1. The van der Waals surface area contributed by atoms with Gasteiger partial charge in [0.15, 0.2) is 0 Å². The predicted octanol–water partition coefficient (Wildman–Crippen LogP) is 4.24. The molecular formula is C21H24N4O. The maximum Gasteiger partial charge on any atom is 0.227 e. The van der Waals surface area contributed by atoms with Crippen LogP contribution in [0, 0.1) is 0 Å². The summed E-state index contributed by atoms with van der Waals surface area (Å²) in [5.74, 6) is 1.46. The Balaban J connectivity index is 1.37. The van der Waals surface area contributed by atoms with Crippen molar-refractivity contribution in [3.05, 3.63) is 54.7 Å². The van der Waals surface area contributed by atoms with Crippen LogP contribution >= 0.6 is 0 Å². The van der Waals surface area contributed by atoms with Crippen LogP contribution in [0.1, 0.15) is 19.3 Å². The Labute approximate surface area is 154 Å². The monoisotopic (exact) mass is 348 g/mol. The molecule has 0 radical (unpaired) electrons. The Morgan fingerprint density at radius 1 is 1.00 bits per heavy atom. The first-order valence-electron chi connectivity index (χ1n) is 9.31. The fraction of sp³-hybridized carbons (Fsp3) is 0.333. The van der Waals surface area contributed by atoms with Gasteiger partial charge in [0, 0.05) is 29.9 Å². The summed E-state index contributed by atoms with van der Waals surface area (Å²) in [5, 5.41) is 4.30. The van der Waals surface area contributed by atoms with Gasteiger partial charge in [0.1, 0.15) is 12.4 Å². The minimum absolute atomic E-state index is 0.592. The third-order valence-electron chi connectivity index (χ3n) is 4.70. The maximum absolute atomic E-state index is 5.93. The second-order valence-corrected chi connectivity index (χ2v) is 6.66. The lowest BCUT2D eigenvalue weighted by molar-refractivity contribution is 0.183. The third kappa shape index (κ3) is 4.29. The summed E-state index contributed by atoms with van der Waals surface area (Å²) in [6.45, 7) is 4.11. The van der Waals surface area contributed by atoms with Crippen LogP contribution in [0.15, 0.2) is 54.7 Å². The molecule has 1 fully saturated rings. The molecule has 0 atom stereocenters. The fourth-order valence-corrected chi connectivity index (χ4v) is 3.30. The molecule has 26 heavy (non-hydrogen) atoms. The molecule has 0 amide bonds. The van der Waals surface area contributed by atoms with Crippen LogP contribution in [0.2, 0.25) is 0 Å². The minimum Gasteiger partial charge on any atom is -0.492 e. The average molecular weight is 348 g/mol. The highest BCUT2D eigenvalue weighted by atomic mass is 16.5. The van der Waals surface area contributed by atoms with Crippen LogP contribution in [0.4, 0.5) is 11.6 Å². The Bertz CT molecular complexity index is 861. The highest BCUT2D eigenvalue weighted by molar-refractivity contribution is 5.78. The molecular weight excluding hydrogens is 324 g/mol. The van der Waals surface area contributed by atoms with Crippen molar-refractivity contribution in [2.75, 3.05) is 31.6 Å². The fourth-order valence-electron chi connectivity index (χ4n) is 3.30. The lowest BCUT2D eigenvalue weighted by Gasteiger charge is -2.26. The molecule has 2 aromatic carbocycles. The number of benzene rings is 2. The van der Waals surface area contributed by atoms with Gasteiger partial charge in [-0.05, 0) is 44.1 Å². The molecule has 1 aliphatic rings. The molecule has 1 saturated heterocycles. The molecule has 0 saturated carbocycles. The van der Waals surface area contributed by atoms with Crippen LogP contribution < -0.4 is 10.1 Å². The number of rotatable bonds is 6. The summed E-state index contributed by atoms with van der Waals surface area (Å²) < 4.78 is 5.93. The second-order valence-electron chi connectivity index (χ2n) is 6.66. The molecule has 0 bridgehead atoms. The summed E-state index contributed by atoms with van der Waals surface area (Å²) in [7, 11) is 0. The number of ether oxygens (including phenoxy) is 1. The number of nitrogens with zero attached hydrogens (tertiary/aromatic N) is 3. The van der Waals surface area contributed by atoms with Crippen LogP contribution in [-0.2, 0) is 0 Å². The maximum atomic E-state index is 5.93. The first-order chi connectivity index (χ1) is 12.9. The van der Waals surface area contributed by atoms with Gasteiger partial charge in [0.05, 0.1) is 5.52 Å². The molecule has 1 N–H and O–H groups in total. The molecule has 2 heterocycles. The summed E-state index contributed by atoms with van der Waals surface area (Å²) >= 11 is 0. The molecule has 5 nitrogen and oxygen atoms in total. The predicted molar refractivity (Wildman–Crippen MR) is 105 cm³/mol. The van der Waals surface area contributed by atoms with Crippen LogP contribution in [0.25, 0.3) is 10.9 Å². The molecule has 1 aromatic heterocycles. The highest BCUT2D eigenvalue weighted by Gasteiger charge is 2.09. The molecule has 134 valence electrons. The van der Waals surface area contributed by atoms with Gasteiger partial charge >= 0.3 is 0 Å². The number of hydrogen-bond acceptors (Lipinski definition) is 5. The van der Waals surface area contributed by atoms with Gasteiger partial charge in [-0.1, -0.05) is 30.7 Å². The Kier molecular flexibility index (Phi) is 5.26. The van der Waals surface area contributed by atoms with Gasteiger partial charge in [-0.15, -0.1) is 0 Å². The second kappa shape index (κ2) is 8.15. The van der Waals surface area contributed by atoms with Crippen LogP contribution in [0.5, 0.6) is 5.75 Å².